The second-order valence-corrected chi connectivity index (χ2v) is 13.0. The molecule has 48 heavy (non-hydrogen) atoms. The lowest BCUT2D eigenvalue weighted by atomic mass is 9.95. The first-order chi connectivity index (χ1) is 23.1. The maximum Gasteiger partial charge on any atom is 0.320 e. The maximum absolute atomic E-state index is 15.2. The van der Waals surface area contributed by atoms with Gasteiger partial charge in [-0.05, 0) is 49.0 Å². The van der Waals surface area contributed by atoms with Crippen molar-refractivity contribution in [1.29, 1.82) is 0 Å². The van der Waals surface area contributed by atoms with E-state index in [4.69, 9.17) is 32.9 Å². The summed E-state index contributed by atoms with van der Waals surface area (Å²) in [6, 6.07) is 8.26. The molecule has 1 amide bonds. The Hall–Kier alpha value is -4.67. The van der Waals surface area contributed by atoms with Gasteiger partial charge in [0.2, 0.25) is 6.54 Å². The Balaban J connectivity index is 1.34. The molecule has 4 aromatic rings. The number of carbonyl (C=O) groups is 1. The molecule has 14 heteroatoms. The van der Waals surface area contributed by atoms with Gasteiger partial charge in [0.05, 0.1) is 21.6 Å². The Morgan fingerprint density at radius 2 is 2.02 bits per heavy atom. The fraction of sp³-hybridized carbons (Fsp3) is 0.382. The van der Waals surface area contributed by atoms with Crippen LogP contribution in [0.25, 0.3) is 37.9 Å². The van der Waals surface area contributed by atoms with Gasteiger partial charge in [0.25, 0.3) is 5.91 Å². The molecule has 0 bridgehead atoms. The lowest BCUT2D eigenvalue weighted by Crippen LogP contribution is -2.56. The molecular formula is C34H31ClF3N7O3. The van der Waals surface area contributed by atoms with Gasteiger partial charge in [-0.3, -0.25) is 9.69 Å². The Morgan fingerprint density at radius 3 is 2.81 bits per heavy atom. The number of phenolic OH excluding ortho intramolecular Hbond substituents is 1. The lowest BCUT2D eigenvalue weighted by molar-refractivity contribution is -0.131. The molecule has 3 atom stereocenters. The van der Waals surface area contributed by atoms with Crippen molar-refractivity contribution in [1.82, 2.24) is 24.8 Å². The van der Waals surface area contributed by atoms with E-state index in [0.717, 1.165) is 19.4 Å². The number of pyridine rings is 1. The number of halogens is 4. The van der Waals surface area contributed by atoms with Crippen LogP contribution in [-0.2, 0) is 4.79 Å². The summed E-state index contributed by atoms with van der Waals surface area (Å²) in [4.78, 5) is 35.4. The number of fused-ring (bicyclic) bond motifs is 3. The minimum atomic E-state index is -1.11. The minimum Gasteiger partial charge on any atom is -0.508 e. The van der Waals surface area contributed by atoms with Crippen LogP contribution in [0.2, 0.25) is 5.02 Å². The summed E-state index contributed by atoms with van der Waals surface area (Å²) in [5.74, 6) is -2.25. The molecule has 0 radical (unpaired) electrons. The molecule has 0 spiro atoms. The zero-order valence-electron chi connectivity index (χ0n) is 25.8. The summed E-state index contributed by atoms with van der Waals surface area (Å²) in [5.41, 5.74) is 0.116. The number of hydrogen-bond donors (Lipinski definition) is 1. The molecule has 3 saturated heterocycles. The summed E-state index contributed by atoms with van der Waals surface area (Å²) in [5, 5.41) is 11.7. The zero-order chi connectivity index (χ0) is 33.7. The smallest absolute Gasteiger partial charge is 0.320 e. The van der Waals surface area contributed by atoms with Crippen molar-refractivity contribution < 1.29 is 27.8 Å². The van der Waals surface area contributed by atoms with Gasteiger partial charge in [-0.25, -0.2) is 24.7 Å². The third kappa shape index (κ3) is 5.62. The van der Waals surface area contributed by atoms with E-state index in [-0.39, 0.29) is 71.9 Å². The quantitative estimate of drug-likeness (QED) is 0.196. The fourth-order valence-electron chi connectivity index (χ4n) is 7.42. The van der Waals surface area contributed by atoms with Crippen molar-refractivity contribution in [2.24, 2.45) is 0 Å². The topological polar surface area (TPSA) is 99.3 Å². The van der Waals surface area contributed by atoms with Gasteiger partial charge in [0.1, 0.15) is 36.2 Å². The molecule has 7 rings (SSSR count). The van der Waals surface area contributed by atoms with Crippen molar-refractivity contribution in [2.45, 2.75) is 37.0 Å². The van der Waals surface area contributed by atoms with Crippen LogP contribution in [0.4, 0.5) is 19.0 Å². The molecule has 3 aliphatic heterocycles. The number of ether oxygens (including phenoxy) is 1. The minimum absolute atomic E-state index is 0.0221. The van der Waals surface area contributed by atoms with Crippen molar-refractivity contribution in [3.8, 4) is 23.0 Å². The average Bonchev–Trinajstić information content (AvgIpc) is 3.58. The van der Waals surface area contributed by atoms with Crippen LogP contribution in [0.5, 0.6) is 11.8 Å². The summed E-state index contributed by atoms with van der Waals surface area (Å²) in [6.07, 6.45) is 1.09. The number of aromatic nitrogens is 3. The first-order valence-electron chi connectivity index (χ1n) is 15.6. The summed E-state index contributed by atoms with van der Waals surface area (Å²) in [7, 11) is 0. The largest absolute Gasteiger partial charge is 0.508 e. The molecule has 2 aromatic carbocycles. The highest BCUT2D eigenvalue weighted by molar-refractivity contribution is 6.34. The number of nitrogens with zero attached hydrogens (tertiary/aromatic N) is 7. The number of piperazine rings is 1. The third-order valence-electron chi connectivity index (χ3n) is 9.57. The molecule has 248 valence electrons. The van der Waals surface area contributed by atoms with Crippen molar-refractivity contribution in [3.63, 3.8) is 0 Å². The van der Waals surface area contributed by atoms with Gasteiger partial charge in [-0.15, -0.1) is 0 Å². The number of hydrogen-bond acceptors (Lipinski definition) is 8. The number of benzene rings is 2. The molecule has 3 aliphatic rings. The Kier molecular flexibility index (Phi) is 8.25. The molecule has 10 nitrogen and oxygen atoms in total. The number of aromatic hydroxyl groups is 1. The molecule has 0 aliphatic carbocycles. The molecule has 3 fully saturated rings. The van der Waals surface area contributed by atoms with E-state index in [2.05, 4.69) is 21.3 Å². The normalized spacial score (nSPS) is 22.6. The van der Waals surface area contributed by atoms with Gasteiger partial charge in [-0.1, -0.05) is 30.3 Å². The van der Waals surface area contributed by atoms with Crippen LogP contribution in [0.1, 0.15) is 19.3 Å². The summed E-state index contributed by atoms with van der Waals surface area (Å²) in [6.45, 7) is 12.2. The molecular weight excluding hydrogens is 647 g/mol. The standard InChI is InChI=1S/C34H31ClF3N7O3/c1-19(36)32(47)45-10-9-43(17-22(45)15-39-2)31-25-13-26(35)29(24-12-23(46)11-20-5-3-6-27(38)28(20)24)40-30(25)41-33(42-31)48-18-34-7-4-8-44(34)16-21(37)14-34/h3,5-6,11-13,21-22,46H,1,4,7-10,14-18H2/t21-,22+,34+/m1/s1. The van der Waals surface area contributed by atoms with E-state index in [1.807, 2.05) is 4.90 Å². The number of amides is 1. The van der Waals surface area contributed by atoms with Gasteiger partial charge in [0.15, 0.2) is 11.5 Å². The molecule has 0 unspecified atom stereocenters. The Bertz CT molecular complexity index is 2010. The second kappa shape index (κ2) is 12.4. The fourth-order valence-corrected chi connectivity index (χ4v) is 7.68. The Labute approximate surface area is 279 Å². The van der Waals surface area contributed by atoms with Gasteiger partial charge >= 0.3 is 6.01 Å². The Morgan fingerprint density at radius 1 is 1.19 bits per heavy atom. The maximum atomic E-state index is 15.2. The van der Waals surface area contributed by atoms with Gasteiger partial charge in [-0.2, -0.15) is 9.97 Å². The van der Waals surface area contributed by atoms with Crippen molar-refractivity contribution in [2.75, 3.05) is 50.8 Å². The van der Waals surface area contributed by atoms with Crippen LogP contribution in [0.15, 0.2) is 48.8 Å². The second-order valence-electron chi connectivity index (χ2n) is 12.6. The first-order valence-corrected chi connectivity index (χ1v) is 16.0. The van der Waals surface area contributed by atoms with Crippen LogP contribution >= 0.6 is 11.6 Å². The van der Waals surface area contributed by atoms with Crippen molar-refractivity contribution in [3.05, 3.63) is 71.1 Å². The zero-order valence-corrected chi connectivity index (χ0v) is 26.6. The predicted octanol–water partition coefficient (Wildman–Crippen LogP) is 5.72. The van der Waals surface area contributed by atoms with Crippen LogP contribution in [-0.4, -0.2) is 99.4 Å². The molecule has 5 heterocycles. The van der Waals surface area contributed by atoms with Gasteiger partial charge in [0, 0.05) is 43.5 Å². The lowest BCUT2D eigenvalue weighted by Gasteiger charge is -2.39. The molecule has 0 saturated carbocycles. The van der Waals surface area contributed by atoms with Gasteiger partial charge < -0.3 is 24.5 Å². The van der Waals surface area contributed by atoms with Crippen LogP contribution in [0, 0.1) is 12.4 Å². The molecule has 1 N–H and O–H groups in total. The SMILES string of the molecule is [C-]#[N+]C[C@H]1CN(c2nc(OC[C@@]34CCCN3C[C@H](F)C4)nc3nc(-c4cc(O)cc5cccc(F)c45)c(Cl)cc23)CCN1C(=O)C(=C)F. The average molecular weight is 678 g/mol. The highest BCUT2D eigenvalue weighted by Gasteiger charge is 2.49. The van der Waals surface area contributed by atoms with Crippen LogP contribution < -0.4 is 9.64 Å². The number of carbonyl (C=O) groups excluding carboxylic acids is 1. The highest BCUT2D eigenvalue weighted by Crippen LogP contribution is 2.42. The summed E-state index contributed by atoms with van der Waals surface area (Å²) >= 11 is 6.84. The first kappa shape index (κ1) is 31.9. The van der Waals surface area contributed by atoms with E-state index in [1.165, 1.54) is 29.2 Å². The van der Waals surface area contributed by atoms with E-state index in [0.29, 0.717) is 29.6 Å². The molecule has 2 aromatic heterocycles. The highest BCUT2D eigenvalue weighted by atomic mass is 35.5. The number of phenols is 1. The predicted molar refractivity (Wildman–Crippen MR) is 175 cm³/mol. The van der Waals surface area contributed by atoms with E-state index < -0.39 is 35.3 Å². The van der Waals surface area contributed by atoms with E-state index in [1.54, 1.807) is 12.1 Å². The monoisotopic (exact) mass is 677 g/mol. The number of alkyl halides is 1. The van der Waals surface area contributed by atoms with Crippen molar-refractivity contribution >= 4 is 45.1 Å². The summed E-state index contributed by atoms with van der Waals surface area (Å²) < 4.78 is 49.8. The van der Waals surface area contributed by atoms with E-state index >= 15 is 4.39 Å². The number of anilines is 1. The van der Waals surface area contributed by atoms with E-state index in [9.17, 15) is 18.7 Å². The third-order valence-corrected chi connectivity index (χ3v) is 9.86. The number of rotatable bonds is 7. The van der Waals surface area contributed by atoms with Crippen LogP contribution in [0.3, 0.4) is 0 Å².